The number of carbonyl (C=O) groups is 1. The third kappa shape index (κ3) is 4.87. The van der Waals surface area contributed by atoms with Crippen LogP contribution in [0.4, 0.5) is 5.82 Å². The maximum atomic E-state index is 12.4. The number of halogens is 1. The van der Waals surface area contributed by atoms with Gasteiger partial charge >= 0.3 is 5.69 Å². The van der Waals surface area contributed by atoms with E-state index < -0.39 is 17.2 Å². The number of H-pyrrole nitrogens is 1. The minimum atomic E-state index is -0.671. The van der Waals surface area contributed by atoms with E-state index in [1.807, 2.05) is 19.9 Å². The fourth-order valence-corrected chi connectivity index (χ4v) is 3.38. The molecule has 1 aromatic carbocycles. The van der Waals surface area contributed by atoms with Gasteiger partial charge in [-0.2, -0.15) is 0 Å². The SMILES string of the molecule is Cc1cc(C)nc(SCC(=O)Nc2cc(=O)[nH]c(=O)n2-c2ccc(Cl)cc2)n1. The van der Waals surface area contributed by atoms with Crippen molar-refractivity contribution in [2.24, 2.45) is 0 Å². The lowest BCUT2D eigenvalue weighted by molar-refractivity contribution is -0.113. The third-order valence-corrected chi connectivity index (χ3v) is 4.69. The number of aromatic amines is 1. The van der Waals surface area contributed by atoms with Crippen LogP contribution in [-0.4, -0.2) is 31.2 Å². The van der Waals surface area contributed by atoms with Gasteiger partial charge in [0.25, 0.3) is 5.56 Å². The van der Waals surface area contributed by atoms with Crippen molar-refractivity contribution < 1.29 is 4.79 Å². The minimum Gasteiger partial charge on any atom is -0.311 e. The lowest BCUT2D eigenvalue weighted by Crippen LogP contribution is -2.32. The number of aromatic nitrogens is 4. The molecule has 8 nitrogen and oxygen atoms in total. The summed E-state index contributed by atoms with van der Waals surface area (Å²) in [6, 6.07) is 9.41. The quantitative estimate of drug-likeness (QED) is 0.487. The van der Waals surface area contributed by atoms with Gasteiger partial charge in [-0.05, 0) is 44.2 Å². The summed E-state index contributed by atoms with van der Waals surface area (Å²) in [6.45, 7) is 3.69. The number of anilines is 1. The summed E-state index contributed by atoms with van der Waals surface area (Å²) in [5, 5.41) is 3.58. The smallest absolute Gasteiger partial charge is 0.311 e. The van der Waals surface area contributed by atoms with E-state index in [0.717, 1.165) is 29.2 Å². The van der Waals surface area contributed by atoms with Crippen LogP contribution in [-0.2, 0) is 4.79 Å². The predicted octanol–water partition coefficient (Wildman–Crippen LogP) is 2.32. The van der Waals surface area contributed by atoms with E-state index in [1.165, 1.54) is 4.57 Å². The topological polar surface area (TPSA) is 110 Å². The van der Waals surface area contributed by atoms with Crippen molar-refractivity contribution in [2.75, 3.05) is 11.1 Å². The summed E-state index contributed by atoms with van der Waals surface area (Å²) in [5.41, 5.74) is 0.778. The van der Waals surface area contributed by atoms with Crippen LogP contribution in [0.15, 0.2) is 51.1 Å². The van der Waals surface area contributed by atoms with Crippen molar-refractivity contribution in [1.29, 1.82) is 0 Å². The van der Waals surface area contributed by atoms with E-state index in [0.29, 0.717) is 15.9 Å². The number of nitrogens with one attached hydrogen (secondary N) is 2. The number of benzene rings is 1. The first kappa shape index (κ1) is 19.8. The third-order valence-electron chi connectivity index (χ3n) is 3.59. The first-order valence-electron chi connectivity index (χ1n) is 8.19. The molecular formula is C18H16ClN5O3S. The summed E-state index contributed by atoms with van der Waals surface area (Å²) in [7, 11) is 0. The number of aryl methyl sites for hydroxylation is 2. The highest BCUT2D eigenvalue weighted by atomic mass is 35.5. The fourth-order valence-electron chi connectivity index (χ4n) is 2.50. The Balaban J connectivity index is 1.83. The number of hydrogen-bond acceptors (Lipinski definition) is 6. The molecule has 0 aliphatic rings. The molecule has 10 heteroatoms. The van der Waals surface area contributed by atoms with Gasteiger partial charge in [0.05, 0.1) is 11.4 Å². The van der Waals surface area contributed by atoms with Crippen molar-refractivity contribution in [3.05, 3.63) is 73.6 Å². The molecule has 28 heavy (non-hydrogen) atoms. The Morgan fingerprint density at radius 1 is 1.14 bits per heavy atom. The van der Waals surface area contributed by atoms with E-state index in [1.54, 1.807) is 24.3 Å². The van der Waals surface area contributed by atoms with Crippen LogP contribution in [0.3, 0.4) is 0 Å². The Kier molecular flexibility index (Phi) is 5.96. The second-order valence-electron chi connectivity index (χ2n) is 5.91. The molecule has 0 bridgehead atoms. The van der Waals surface area contributed by atoms with E-state index >= 15 is 0 Å². The second-order valence-corrected chi connectivity index (χ2v) is 7.28. The van der Waals surface area contributed by atoms with E-state index in [9.17, 15) is 14.4 Å². The molecule has 0 atom stereocenters. The molecule has 2 N–H and O–H groups in total. The monoisotopic (exact) mass is 417 g/mol. The fraction of sp³-hybridized carbons (Fsp3) is 0.167. The van der Waals surface area contributed by atoms with Gasteiger partial charge < -0.3 is 5.32 Å². The molecule has 0 unspecified atom stereocenters. The molecular weight excluding hydrogens is 402 g/mol. The van der Waals surface area contributed by atoms with Gasteiger partial charge in [0.1, 0.15) is 5.82 Å². The summed E-state index contributed by atoms with van der Waals surface area (Å²) < 4.78 is 1.19. The van der Waals surface area contributed by atoms with Gasteiger partial charge in [-0.25, -0.2) is 19.3 Å². The Hall–Kier alpha value is -2.91. The molecule has 144 valence electrons. The van der Waals surface area contributed by atoms with Crippen LogP contribution in [0.5, 0.6) is 0 Å². The molecule has 0 saturated heterocycles. The number of rotatable bonds is 5. The molecule has 0 aliphatic heterocycles. The maximum absolute atomic E-state index is 12.4. The van der Waals surface area contributed by atoms with Crippen molar-refractivity contribution in [3.63, 3.8) is 0 Å². The molecule has 0 saturated carbocycles. The van der Waals surface area contributed by atoms with Crippen LogP contribution in [0.2, 0.25) is 5.02 Å². The number of amides is 1. The van der Waals surface area contributed by atoms with Gasteiger partial charge in [0.15, 0.2) is 5.16 Å². The van der Waals surface area contributed by atoms with Gasteiger partial charge in [-0.15, -0.1) is 0 Å². The molecule has 2 aromatic heterocycles. The molecule has 3 rings (SSSR count). The van der Waals surface area contributed by atoms with Crippen molar-refractivity contribution in [2.45, 2.75) is 19.0 Å². The molecule has 1 amide bonds. The van der Waals surface area contributed by atoms with E-state index in [-0.39, 0.29) is 11.6 Å². The van der Waals surface area contributed by atoms with Crippen molar-refractivity contribution in [1.82, 2.24) is 19.5 Å². The highest BCUT2D eigenvalue weighted by Crippen LogP contribution is 2.17. The van der Waals surface area contributed by atoms with Gasteiger partial charge in [-0.1, -0.05) is 23.4 Å². The number of carbonyl (C=O) groups excluding carboxylic acids is 1. The van der Waals surface area contributed by atoms with Crippen LogP contribution < -0.4 is 16.6 Å². The highest BCUT2D eigenvalue weighted by molar-refractivity contribution is 7.99. The Morgan fingerprint density at radius 2 is 1.79 bits per heavy atom. The Morgan fingerprint density at radius 3 is 2.43 bits per heavy atom. The van der Waals surface area contributed by atoms with Crippen LogP contribution >= 0.6 is 23.4 Å². The van der Waals surface area contributed by atoms with Crippen LogP contribution in [0.25, 0.3) is 5.69 Å². The van der Waals surface area contributed by atoms with Crippen molar-refractivity contribution in [3.8, 4) is 5.69 Å². The second kappa shape index (κ2) is 8.41. The van der Waals surface area contributed by atoms with E-state index in [4.69, 9.17) is 11.6 Å². The average molecular weight is 418 g/mol. The number of nitrogens with zero attached hydrogens (tertiary/aromatic N) is 3. The lowest BCUT2D eigenvalue weighted by Gasteiger charge is -2.13. The summed E-state index contributed by atoms with van der Waals surface area (Å²) >= 11 is 7.04. The van der Waals surface area contributed by atoms with Gasteiger partial charge in [0.2, 0.25) is 5.91 Å². The molecule has 3 aromatic rings. The highest BCUT2D eigenvalue weighted by Gasteiger charge is 2.13. The molecule has 0 fully saturated rings. The van der Waals surface area contributed by atoms with Crippen LogP contribution in [0, 0.1) is 13.8 Å². The van der Waals surface area contributed by atoms with Gasteiger partial charge in [-0.3, -0.25) is 14.6 Å². The standard InChI is InChI=1S/C18H16ClN5O3S/c1-10-7-11(2)21-17(20-10)28-9-16(26)22-14-8-15(25)23-18(27)24(14)13-5-3-12(19)4-6-13/h3-8H,9H2,1-2H3,(H,22,26)(H,23,25,27). The largest absolute Gasteiger partial charge is 0.334 e. The normalized spacial score (nSPS) is 10.7. The zero-order chi connectivity index (χ0) is 20.3. The van der Waals surface area contributed by atoms with Gasteiger partial charge in [0, 0.05) is 22.5 Å². The molecule has 0 radical (unpaired) electrons. The molecule has 0 spiro atoms. The number of hydrogen-bond donors (Lipinski definition) is 2. The first-order valence-corrected chi connectivity index (χ1v) is 9.55. The first-order chi connectivity index (χ1) is 13.3. The predicted molar refractivity (Wildman–Crippen MR) is 109 cm³/mol. The number of thioether (sulfide) groups is 1. The van der Waals surface area contributed by atoms with Crippen LogP contribution in [0.1, 0.15) is 11.4 Å². The minimum absolute atomic E-state index is 0.0184. The summed E-state index contributed by atoms with van der Waals surface area (Å²) in [4.78, 5) is 47.1. The average Bonchev–Trinajstić information content (AvgIpc) is 2.60. The van der Waals surface area contributed by atoms with E-state index in [2.05, 4.69) is 20.3 Å². The molecule has 2 heterocycles. The zero-order valence-electron chi connectivity index (χ0n) is 15.0. The Bertz CT molecular complexity index is 1120. The lowest BCUT2D eigenvalue weighted by atomic mass is 10.3. The maximum Gasteiger partial charge on any atom is 0.334 e. The zero-order valence-corrected chi connectivity index (χ0v) is 16.6. The summed E-state index contributed by atoms with van der Waals surface area (Å²) in [5.74, 6) is -0.326. The van der Waals surface area contributed by atoms with Crippen molar-refractivity contribution >= 4 is 35.1 Å². The molecule has 0 aliphatic carbocycles. The Labute approximate surface area is 169 Å². The summed E-state index contributed by atoms with van der Waals surface area (Å²) in [6.07, 6.45) is 0.